The predicted molar refractivity (Wildman–Crippen MR) is 97.9 cm³/mol. The number of hydrogen-bond donors (Lipinski definition) is 2. The number of piperazine rings is 1. The highest BCUT2D eigenvalue weighted by Crippen LogP contribution is 2.22. The third-order valence-corrected chi connectivity index (χ3v) is 4.30. The van der Waals surface area contributed by atoms with Gasteiger partial charge in [0.2, 0.25) is 0 Å². The van der Waals surface area contributed by atoms with Gasteiger partial charge < -0.3 is 25.3 Å². The summed E-state index contributed by atoms with van der Waals surface area (Å²) in [6, 6.07) is 1.71. The molecule has 0 spiro atoms. The number of anilines is 1. The SMILES string of the molecule is N#CC(=Cc1c[nH]c2ncc(N3CCN(C(=O)OCC(F)(F)F)CC3)nc12)C(N)=O. The fourth-order valence-corrected chi connectivity index (χ4v) is 2.83. The summed E-state index contributed by atoms with van der Waals surface area (Å²) in [4.78, 5) is 37.6. The first-order valence-corrected chi connectivity index (χ1v) is 8.67. The number of H-pyrrole nitrogens is 1. The first-order chi connectivity index (χ1) is 14.2. The Labute approximate surface area is 167 Å². The number of hydrogen-bond acceptors (Lipinski definition) is 7. The number of nitriles is 1. The van der Waals surface area contributed by atoms with Crippen LogP contribution in [-0.4, -0.2) is 70.8 Å². The maximum Gasteiger partial charge on any atom is 0.422 e. The molecule has 2 aromatic rings. The second-order valence-electron chi connectivity index (χ2n) is 6.35. The number of aromatic nitrogens is 3. The fraction of sp³-hybridized carbons (Fsp3) is 0.353. The number of halogens is 3. The van der Waals surface area contributed by atoms with Crippen molar-refractivity contribution in [1.82, 2.24) is 19.9 Å². The predicted octanol–water partition coefficient (Wildman–Crippen LogP) is 1.17. The molecule has 3 heterocycles. The second kappa shape index (κ2) is 8.27. The van der Waals surface area contributed by atoms with Crippen LogP contribution in [0, 0.1) is 11.3 Å². The molecule has 0 unspecified atom stereocenters. The summed E-state index contributed by atoms with van der Waals surface area (Å²) in [6.07, 6.45) is -1.27. The van der Waals surface area contributed by atoms with Gasteiger partial charge in [-0.3, -0.25) is 4.79 Å². The largest absolute Gasteiger partial charge is 0.440 e. The first-order valence-electron chi connectivity index (χ1n) is 8.67. The second-order valence-corrected chi connectivity index (χ2v) is 6.35. The maximum atomic E-state index is 12.2. The topological polar surface area (TPSA) is 141 Å². The van der Waals surface area contributed by atoms with Crippen molar-refractivity contribution in [1.29, 1.82) is 5.26 Å². The van der Waals surface area contributed by atoms with Crippen molar-refractivity contribution in [2.45, 2.75) is 6.18 Å². The molecule has 1 fully saturated rings. The van der Waals surface area contributed by atoms with Crippen LogP contribution in [-0.2, 0) is 9.53 Å². The lowest BCUT2D eigenvalue weighted by molar-refractivity contribution is -0.162. The van der Waals surface area contributed by atoms with Crippen LogP contribution in [0.5, 0.6) is 0 Å². The molecule has 158 valence electrons. The summed E-state index contributed by atoms with van der Waals surface area (Å²) >= 11 is 0. The molecule has 0 aliphatic carbocycles. The highest BCUT2D eigenvalue weighted by Gasteiger charge is 2.31. The number of carbonyl (C=O) groups is 2. The standard InChI is InChI=1S/C17H16F3N7O3/c18-17(19,20)9-30-16(29)27-3-1-26(2-4-27)12-8-24-15-13(25-12)11(7-23-15)5-10(6-21)14(22)28/h5,7-8H,1-4,9H2,(H2,22,28)(H,23,24). The third kappa shape index (κ3) is 4.77. The zero-order chi connectivity index (χ0) is 21.9. The van der Waals surface area contributed by atoms with Crippen LogP contribution >= 0.6 is 0 Å². The smallest absolute Gasteiger partial charge is 0.422 e. The molecular formula is C17H16F3N7O3. The van der Waals surface area contributed by atoms with E-state index in [9.17, 15) is 22.8 Å². The van der Waals surface area contributed by atoms with Gasteiger partial charge in [0.05, 0.1) is 6.20 Å². The molecule has 30 heavy (non-hydrogen) atoms. The van der Waals surface area contributed by atoms with Gasteiger partial charge in [-0.1, -0.05) is 0 Å². The van der Waals surface area contributed by atoms with Gasteiger partial charge in [0.25, 0.3) is 5.91 Å². The minimum Gasteiger partial charge on any atom is -0.440 e. The quantitative estimate of drug-likeness (QED) is 0.555. The molecule has 3 N–H and O–H groups in total. The van der Waals surface area contributed by atoms with Crippen molar-refractivity contribution >= 4 is 35.1 Å². The van der Waals surface area contributed by atoms with Gasteiger partial charge >= 0.3 is 12.3 Å². The molecule has 2 aromatic heterocycles. The zero-order valence-electron chi connectivity index (χ0n) is 15.4. The Bertz CT molecular complexity index is 1030. The van der Waals surface area contributed by atoms with Gasteiger partial charge in [0, 0.05) is 37.9 Å². The van der Waals surface area contributed by atoms with E-state index in [-0.39, 0.29) is 18.7 Å². The molecule has 0 atom stereocenters. The number of carbonyl (C=O) groups excluding carboxylic acids is 2. The number of alkyl halides is 3. The van der Waals surface area contributed by atoms with Crippen molar-refractivity contribution in [3.05, 3.63) is 23.5 Å². The lowest BCUT2D eigenvalue weighted by atomic mass is 10.2. The molecule has 1 saturated heterocycles. The highest BCUT2D eigenvalue weighted by molar-refractivity contribution is 6.02. The summed E-state index contributed by atoms with van der Waals surface area (Å²) in [6.45, 7) is -0.718. The van der Waals surface area contributed by atoms with E-state index in [2.05, 4.69) is 19.7 Å². The number of nitrogens with two attached hydrogens (primary N) is 1. The van der Waals surface area contributed by atoms with E-state index in [4.69, 9.17) is 11.0 Å². The van der Waals surface area contributed by atoms with Crippen LogP contribution in [0.25, 0.3) is 17.2 Å². The van der Waals surface area contributed by atoms with Crippen molar-refractivity contribution in [2.75, 3.05) is 37.7 Å². The average Bonchev–Trinajstić information content (AvgIpc) is 3.11. The third-order valence-electron chi connectivity index (χ3n) is 4.30. The molecule has 0 radical (unpaired) electrons. The van der Waals surface area contributed by atoms with E-state index in [0.29, 0.717) is 35.6 Å². The van der Waals surface area contributed by atoms with E-state index in [1.54, 1.807) is 11.0 Å². The van der Waals surface area contributed by atoms with Crippen molar-refractivity contribution < 1.29 is 27.5 Å². The average molecular weight is 423 g/mol. The summed E-state index contributed by atoms with van der Waals surface area (Å²) in [5.74, 6) is -0.401. The molecule has 0 aromatic carbocycles. The van der Waals surface area contributed by atoms with Gasteiger partial charge in [-0.2, -0.15) is 18.4 Å². The number of nitrogens with zero attached hydrogens (tertiary/aromatic N) is 5. The van der Waals surface area contributed by atoms with Crippen LogP contribution in [0.2, 0.25) is 0 Å². The van der Waals surface area contributed by atoms with Gasteiger partial charge in [-0.15, -0.1) is 0 Å². The Kier molecular flexibility index (Phi) is 5.77. The number of amides is 2. The van der Waals surface area contributed by atoms with E-state index < -0.39 is 24.8 Å². The van der Waals surface area contributed by atoms with Crippen LogP contribution in [0.15, 0.2) is 18.0 Å². The zero-order valence-corrected chi connectivity index (χ0v) is 15.4. The normalized spacial score (nSPS) is 15.2. The van der Waals surface area contributed by atoms with Crippen LogP contribution in [0.3, 0.4) is 0 Å². The summed E-state index contributed by atoms with van der Waals surface area (Å²) in [7, 11) is 0. The van der Waals surface area contributed by atoms with Crippen LogP contribution in [0.1, 0.15) is 5.56 Å². The Morgan fingerprint density at radius 3 is 2.63 bits per heavy atom. The maximum absolute atomic E-state index is 12.2. The number of fused-ring (bicyclic) bond motifs is 1. The Morgan fingerprint density at radius 1 is 1.33 bits per heavy atom. The van der Waals surface area contributed by atoms with Gasteiger partial charge in [0.15, 0.2) is 12.3 Å². The van der Waals surface area contributed by atoms with Gasteiger partial charge in [-0.25, -0.2) is 14.8 Å². The van der Waals surface area contributed by atoms with Crippen molar-refractivity contribution in [3.63, 3.8) is 0 Å². The summed E-state index contributed by atoms with van der Waals surface area (Å²) < 4.78 is 40.8. The van der Waals surface area contributed by atoms with E-state index in [1.165, 1.54) is 23.4 Å². The number of aromatic amines is 1. The van der Waals surface area contributed by atoms with Crippen molar-refractivity contribution in [2.24, 2.45) is 5.73 Å². The molecule has 3 rings (SSSR count). The van der Waals surface area contributed by atoms with Crippen molar-refractivity contribution in [3.8, 4) is 6.07 Å². The van der Waals surface area contributed by atoms with Gasteiger partial charge in [-0.05, 0) is 6.08 Å². The van der Waals surface area contributed by atoms with Gasteiger partial charge in [0.1, 0.15) is 23.0 Å². The number of rotatable bonds is 4. The number of nitrogens with one attached hydrogen (secondary N) is 1. The highest BCUT2D eigenvalue weighted by atomic mass is 19.4. The molecule has 1 aliphatic heterocycles. The summed E-state index contributed by atoms with van der Waals surface area (Å²) in [5, 5.41) is 9.00. The van der Waals surface area contributed by atoms with E-state index >= 15 is 0 Å². The number of primary amides is 1. The minimum absolute atomic E-state index is 0.149. The molecular weight excluding hydrogens is 407 g/mol. The van der Waals surface area contributed by atoms with Crippen LogP contribution in [0.4, 0.5) is 23.8 Å². The Balaban J connectivity index is 1.71. The molecule has 0 saturated carbocycles. The molecule has 1 aliphatic rings. The lowest BCUT2D eigenvalue weighted by Crippen LogP contribution is -2.49. The molecule has 10 nitrogen and oxygen atoms in total. The number of ether oxygens (including phenoxy) is 1. The monoisotopic (exact) mass is 423 g/mol. The fourth-order valence-electron chi connectivity index (χ4n) is 2.83. The van der Waals surface area contributed by atoms with E-state index in [1.807, 2.05) is 0 Å². The minimum atomic E-state index is -4.58. The molecule has 2 amide bonds. The summed E-state index contributed by atoms with van der Waals surface area (Å²) in [5.41, 5.74) is 6.20. The molecule has 13 heteroatoms. The lowest BCUT2D eigenvalue weighted by Gasteiger charge is -2.34. The first kappa shape index (κ1) is 20.9. The van der Waals surface area contributed by atoms with Crippen LogP contribution < -0.4 is 10.6 Å². The Hall–Kier alpha value is -3.82. The van der Waals surface area contributed by atoms with E-state index in [0.717, 1.165) is 0 Å². The Morgan fingerprint density at radius 2 is 2.03 bits per heavy atom. The molecule has 0 bridgehead atoms.